The summed E-state index contributed by atoms with van der Waals surface area (Å²) in [5.74, 6) is -0.0465. The fourth-order valence-corrected chi connectivity index (χ4v) is 6.46. The van der Waals surface area contributed by atoms with Crippen LogP contribution in [0.2, 0.25) is 0 Å². The third-order valence-electron chi connectivity index (χ3n) is 6.62. The van der Waals surface area contributed by atoms with Crippen molar-refractivity contribution in [1.82, 2.24) is 20.2 Å². The summed E-state index contributed by atoms with van der Waals surface area (Å²) in [5, 5.41) is 7.17. The minimum Gasteiger partial charge on any atom is -0.351 e. The number of pyridine rings is 1. The molecule has 0 bridgehead atoms. The van der Waals surface area contributed by atoms with Crippen molar-refractivity contribution >= 4 is 54.8 Å². The zero-order valence-electron chi connectivity index (χ0n) is 20.1. The molecule has 8 heteroatoms. The summed E-state index contributed by atoms with van der Waals surface area (Å²) in [7, 11) is 0. The number of nitrogens with zero attached hydrogens (tertiary/aromatic N) is 4. The molecule has 0 spiro atoms. The molecule has 6 nitrogen and oxygen atoms in total. The van der Waals surface area contributed by atoms with Gasteiger partial charge in [0.05, 0.1) is 31.9 Å². The maximum atomic E-state index is 13.2. The van der Waals surface area contributed by atoms with Gasteiger partial charge in [-0.25, -0.2) is 9.97 Å². The van der Waals surface area contributed by atoms with Crippen molar-refractivity contribution in [2.45, 2.75) is 6.92 Å². The predicted molar refractivity (Wildman–Crippen MR) is 150 cm³/mol. The van der Waals surface area contributed by atoms with E-state index in [0.717, 1.165) is 64.8 Å². The molecular formula is C28H27N5OS2. The molecule has 5 aromatic rings. The number of benzene rings is 2. The van der Waals surface area contributed by atoms with Crippen LogP contribution in [0, 0.1) is 6.92 Å². The van der Waals surface area contributed by atoms with Crippen LogP contribution in [0.25, 0.3) is 31.7 Å². The number of hydrogen-bond acceptors (Lipinski definition) is 7. The molecular weight excluding hydrogens is 486 g/mol. The van der Waals surface area contributed by atoms with E-state index in [-0.39, 0.29) is 5.91 Å². The molecule has 1 fully saturated rings. The molecule has 6 rings (SSSR count). The first kappa shape index (κ1) is 23.1. The van der Waals surface area contributed by atoms with E-state index in [9.17, 15) is 4.79 Å². The number of rotatable bonds is 6. The number of aryl methyl sites for hydroxylation is 1. The van der Waals surface area contributed by atoms with E-state index in [1.807, 2.05) is 47.8 Å². The smallest absolute Gasteiger partial charge is 0.252 e. The number of hydrogen-bond donors (Lipinski definition) is 1. The molecule has 0 aliphatic carbocycles. The molecule has 36 heavy (non-hydrogen) atoms. The highest BCUT2D eigenvalue weighted by Crippen LogP contribution is 2.30. The third kappa shape index (κ3) is 4.72. The van der Waals surface area contributed by atoms with Gasteiger partial charge in [0.2, 0.25) is 0 Å². The highest BCUT2D eigenvalue weighted by atomic mass is 32.1. The summed E-state index contributed by atoms with van der Waals surface area (Å²) in [5.41, 5.74) is 4.72. The lowest BCUT2D eigenvalue weighted by Gasteiger charge is -2.34. The van der Waals surface area contributed by atoms with Crippen LogP contribution in [0.4, 0.5) is 5.13 Å². The Morgan fingerprint density at radius 2 is 1.83 bits per heavy atom. The first-order chi connectivity index (χ1) is 17.6. The zero-order chi connectivity index (χ0) is 24.5. The van der Waals surface area contributed by atoms with Gasteiger partial charge in [-0.3, -0.25) is 9.69 Å². The Kier molecular flexibility index (Phi) is 6.39. The van der Waals surface area contributed by atoms with Gasteiger partial charge in [0.1, 0.15) is 0 Å². The van der Waals surface area contributed by atoms with Crippen molar-refractivity contribution in [3.8, 4) is 10.6 Å². The van der Waals surface area contributed by atoms with E-state index in [2.05, 4.69) is 40.2 Å². The predicted octanol–water partition coefficient (Wildman–Crippen LogP) is 5.43. The Labute approximate surface area is 218 Å². The topological polar surface area (TPSA) is 61.4 Å². The number of aromatic nitrogens is 2. The number of para-hydroxylation sites is 1. The number of nitrogens with one attached hydrogen (secondary N) is 1. The number of amides is 1. The lowest BCUT2D eigenvalue weighted by atomic mass is 10.1. The highest BCUT2D eigenvalue weighted by molar-refractivity contribution is 7.22. The minimum absolute atomic E-state index is 0.0465. The Bertz CT molecular complexity index is 1520. The van der Waals surface area contributed by atoms with E-state index in [1.165, 1.54) is 10.3 Å². The van der Waals surface area contributed by atoms with Crippen molar-refractivity contribution < 1.29 is 4.79 Å². The lowest BCUT2D eigenvalue weighted by molar-refractivity contribution is 0.0949. The number of piperazine rings is 1. The second-order valence-electron chi connectivity index (χ2n) is 9.10. The second-order valence-corrected chi connectivity index (χ2v) is 11.1. The van der Waals surface area contributed by atoms with E-state index in [0.29, 0.717) is 12.1 Å². The molecule has 1 N–H and O–H groups in total. The van der Waals surface area contributed by atoms with E-state index < -0.39 is 0 Å². The number of thiazole rings is 1. The zero-order valence-corrected chi connectivity index (χ0v) is 21.7. The standard InChI is InChI=1S/C28H27N5OS2/c1-19-8-9-23-26(17-19)36-28(31-23)33-14-12-32(13-15-33)11-10-29-27(34)21-18-24(25-7-4-16-35-25)30-22-6-3-2-5-20(21)22/h2-9,16-18H,10-15H2,1H3,(H,29,34). The maximum Gasteiger partial charge on any atom is 0.252 e. The molecule has 3 aromatic heterocycles. The largest absolute Gasteiger partial charge is 0.351 e. The van der Waals surface area contributed by atoms with Gasteiger partial charge < -0.3 is 10.2 Å². The molecule has 0 saturated carbocycles. The number of carbonyl (C=O) groups excluding carboxylic acids is 1. The van der Waals surface area contributed by atoms with Crippen molar-refractivity contribution in [2.75, 3.05) is 44.2 Å². The average Bonchev–Trinajstić information content (AvgIpc) is 3.59. The van der Waals surface area contributed by atoms with Gasteiger partial charge in [-0.1, -0.05) is 41.7 Å². The second kappa shape index (κ2) is 9.97. The molecule has 0 unspecified atom stereocenters. The van der Waals surface area contributed by atoms with E-state index in [1.54, 1.807) is 22.7 Å². The summed E-state index contributed by atoms with van der Waals surface area (Å²) in [4.78, 5) is 28.7. The Morgan fingerprint density at radius 3 is 2.67 bits per heavy atom. The van der Waals surface area contributed by atoms with E-state index in [4.69, 9.17) is 9.97 Å². The van der Waals surface area contributed by atoms with Crippen LogP contribution < -0.4 is 10.2 Å². The Balaban J connectivity index is 1.07. The van der Waals surface area contributed by atoms with Crippen molar-refractivity contribution in [3.05, 3.63) is 77.2 Å². The summed E-state index contributed by atoms with van der Waals surface area (Å²) in [6.07, 6.45) is 0. The van der Waals surface area contributed by atoms with Crippen LogP contribution in [0.3, 0.4) is 0 Å². The maximum absolute atomic E-state index is 13.2. The SMILES string of the molecule is Cc1ccc2nc(N3CCN(CCNC(=O)c4cc(-c5cccs5)nc5ccccc45)CC3)sc2c1. The summed E-state index contributed by atoms with van der Waals surface area (Å²) >= 11 is 3.41. The van der Waals surface area contributed by atoms with Gasteiger partial charge in [0.25, 0.3) is 5.91 Å². The lowest BCUT2D eigenvalue weighted by Crippen LogP contribution is -2.48. The normalized spacial score (nSPS) is 14.5. The van der Waals surface area contributed by atoms with Crippen LogP contribution in [0.5, 0.6) is 0 Å². The number of thiophene rings is 1. The van der Waals surface area contributed by atoms with Crippen LogP contribution in [0.15, 0.2) is 66.0 Å². The van der Waals surface area contributed by atoms with Crippen LogP contribution in [-0.2, 0) is 0 Å². The fraction of sp³-hybridized carbons (Fsp3) is 0.250. The Morgan fingerprint density at radius 1 is 0.972 bits per heavy atom. The molecule has 1 aliphatic rings. The molecule has 1 amide bonds. The monoisotopic (exact) mass is 513 g/mol. The number of fused-ring (bicyclic) bond motifs is 2. The first-order valence-corrected chi connectivity index (χ1v) is 13.9. The van der Waals surface area contributed by atoms with Gasteiger partial charge >= 0.3 is 0 Å². The first-order valence-electron chi connectivity index (χ1n) is 12.2. The van der Waals surface area contributed by atoms with Crippen LogP contribution >= 0.6 is 22.7 Å². The van der Waals surface area contributed by atoms with Crippen molar-refractivity contribution in [1.29, 1.82) is 0 Å². The minimum atomic E-state index is -0.0465. The van der Waals surface area contributed by atoms with Gasteiger partial charge in [-0.15, -0.1) is 11.3 Å². The molecule has 4 heterocycles. The van der Waals surface area contributed by atoms with Crippen LogP contribution in [-0.4, -0.2) is 60.0 Å². The summed E-state index contributed by atoms with van der Waals surface area (Å²) in [6, 6.07) is 20.3. The third-order valence-corrected chi connectivity index (χ3v) is 8.59. The quantitative estimate of drug-likeness (QED) is 0.328. The van der Waals surface area contributed by atoms with Crippen molar-refractivity contribution in [3.63, 3.8) is 0 Å². The summed E-state index contributed by atoms with van der Waals surface area (Å²) in [6.45, 7) is 7.40. The van der Waals surface area contributed by atoms with E-state index >= 15 is 0 Å². The summed E-state index contributed by atoms with van der Waals surface area (Å²) < 4.78 is 1.25. The molecule has 1 aliphatic heterocycles. The average molecular weight is 514 g/mol. The van der Waals surface area contributed by atoms with Crippen LogP contribution in [0.1, 0.15) is 15.9 Å². The molecule has 182 valence electrons. The molecule has 2 aromatic carbocycles. The fourth-order valence-electron chi connectivity index (χ4n) is 4.65. The highest BCUT2D eigenvalue weighted by Gasteiger charge is 2.20. The number of anilines is 1. The Hall–Kier alpha value is -3.33. The molecule has 1 saturated heterocycles. The molecule has 0 atom stereocenters. The van der Waals surface area contributed by atoms with Gasteiger partial charge in [-0.2, -0.15) is 0 Å². The van der Waals surface area contributed by atoms with Crippen molar-refractivity contribution in [2.24, 2.45) is 0 Å². The van der Waals surface area contributed by atoms with Gasteiger partial charge in [-0.05, 0) is 48.2 Å². The van der Waals surface area contributed by atoms with Gasteiger partial charge in [0.15, 0.2) is 5.13 Å². The van der Waals surface area contributed by atoms with Gasteiger partial charge in [0, 0.05) is 44.7 Å². The molecule has 0 radical (unpaired) electrons. The number of carbonyl (C=O) groups is 1.